The lowest BCUT2D eigenvalue weighted by Gasteiger charge is -2.04. The fourth-order valence-electron chi connectivity index (χ4n) is 1.33. The van der Waals surface area contributed by atoms with Crippen LogP contribution in [0.4, 0.5) is 0 Å². The summed E-state index contributed by atoms with van der Waals surface area (Å²) in [6, 6.07) is 3.89. The zero-order valence-corrected chi connectivity index (χ0v) is 9.83. The van der Waals surface area contributed by atoms with E-state index in [1.165, 1.54) is 0 Å². The highest BCUT2D eigenvalue weighted by Crippen LogP contribution is 2.08. The van der Waals surface area contributed by atoms with Crippen LogP contribution in [-0.2, 0) is 13.1 Å². The average molecular weight is 235 g/mol. The number of hydrogen-bond acceptors (Lipinski definition) is 5. The molecule has 84 valence electrons. The van der Waals surface area contributed by atoms with Gasteiger partial charge in [-0.2, -0.15) is 0 Å². The molecule has 0 aliphatic heterocycles. The predicted octanol–water partition coefficient (Wildman–Crippen LogP) is 1.84. The van der Waals surface area contributed by atoms with E-state index < -0.39 is 0 Å². The van der Waals surface area contributed by atoms with Crippen LogP contribution in [0, 0.1) is 0 Å². The van der Waals surface area contributed by atoms with E-state index in [9.17, 15) is 0 Å². The third-order valence-corrected chi connectivity index (χ3v) is 2.76. The van der Waals surface area contributed by atoms with Crippen LogP contribution in [0.15, 0.2) is 29.2 Å². The first-order valence-electron chi connectivity index (χ1n) is 4.95. The largest absolute Gasteiger partial charge is 0.481 e. The Morgan fingerprint density at radius 1 is 1.38 bits per heavy atom. The lowest BCUT2D eigenvalue weighted by atomic mass is 10.2. The summed E-state index contributed by atoms with van der Waals surface area (Å²) in [5.74, 6) is 0.646. The third kappa shape index (κ3) is 3.01. The van der Waals surface area contributed by atoms with Crippen molar-refractivity contribution in [2.45, 2.75) is 13.1 Å². The zero-order valence-electron chi connectivity index (χ0n) is 9.01. The molecule has 5 heteroatoms. The Morgan fingerprint density at radius 2 is 2.31 bits per heavy atom. The van der Waals surface area contributed by atoms with Crippen LogP contribution < -0.4 is 10.1 Å². The normalized spacial score (nSPS) is 10.3. The van der Waals surface area contributed by atoms with Crippen LogP contribution in [0.3, 0.4) is 0 Å². The molecule has 0 radical (unpaired) electrons. The van der Waals surface area contributed by atoms with E-state index in [1.54, 1.807) is 24.6 Å². The van der Waals surface area contributed by atoms with Crippen LogP contribution in [0.25, 0.3) is 0 Å². The highest BCUT2D eigenvalue weighted by atomic mass is 32.1. The molecule has 0 unspecified atom stereocenters. The van der Waals surface area contributed by atoms with Gasteiger partial charge < -0.3 is 10.1 Å². The van der Waals surface area contributed by atoms with Crippen molar-refractivity contribution >= 4 is 11.3 Å². The SMILES string of the molecule is COc1cc(CNCc2cscn2)ccn1. The van der Waals surface area contributed by atoms with Crippen molar-refractivity contribution in [3.05, 3.63) is 40.5 Å². The minimum absolute atomic E-state index is 0.646. The quantitative estimate of drug-likeness (QED) is 0.859. The number of ether oxygens (including phenoxy) is 1. The van der Waals surface area contributed by atoms with E-state index in [0.29, 0.717) is 5.88 Å². The van der Waals surface area contributed by atoms with Crippen molar-refractivity contribution < 1.29 is 4.74 Å². The van der Waals surface area contributed by atoms with Crippen LogP contribution in [0.5, 0.6) is 5.88 Å². The monoisotopic (exact) mass is 235 g/mol. The van der Waals surface area contributed by atoms with Crippen molar-refractivity contribution in [3.63, 3.8) is 0 Å². The number of methoxy groups -OCH3 is 1. The number of nitrogens with one attached hydrogen (secondary N) is 1. The van der Waals surface area contributed by atoms with Gasteiger partial charge in [0.1, 0.15) is 0 Å². The van der Waals surface area contributed by atoms with E-state index in [4.69, 9.17) is 4.74 Å². The van der Waals surface area contributed by atoms with Crippen LogP contribution in [-0.4, -0.2) is 17.1 Å². The second-order valence-electron chi connectivity index (χ2n) is 3.29. The number of aromatic nitrogens is 2. The fourth-order valence-corrected chi connectivity index (χ4v) is 1.89. The molecule has 4 nitrogen and oxygen atoms in total. The Morgan fingerprint density at radius 3 is 3.06 bits per heavy atom. The standard InChI is InChI=1S/C11H13N3OS/c1-15-11-4-9(2-3-13-11)5-12-6-10-7-16-8-14-10/h2-4,7-8,12H,5-6H2,1H3. The molecule has 0 amide bonds. The summed E-state index contributed by atoms with van der Waals surface area (Å²) in [5.41, 5.74) is 4.07. The number of thiazole rings is 1. The molecule has 2 aromatic heterocycles. The molecule has 0 saturated carbocycles. The second kappa shape index (κ2) is 5.58. The van der Waals surface area contributed by atoms with Crippen LogP contribution in [0.1, 0.15) is 11.3 Å². The molecule has 0 saturated heterocycles. The highest BCUT2D eigenvalue weighted by Gasteiger charge is 1.98. The van der Waals surface area contributed by atoms with Gasteiger partial charge in [0.25, 0.3) is 0 Å². The Hall–Kier alpha value is -1.46. The van der Waals surface area contributed by atoms with Gasteiger partial charge in [0, 0.05) is 30.7 Å². The van der Waals surface area contributed by atoms with E-state index >= 15 is 0 Å². The summed E-state index contributed by atoms with van der Waals surface area (Å²) in [6.07, 6.45) is 1.75. The molecule has 0 atom stereocenters. The van der Waals surface area contributed by atoms with Crippen molar-refractivity contribution in [2.75, 3.05) is 7.11 Å². The highest BCUT2D eigenvalue weighted by molar-refractivity contribution is 7.07. The molecule has 0 aliphatic rings. The lowest BCUT2D eigenvalue weighted by Crippen LogP contribution is -2.12. The van der Waals surface area contributed by atoms with Gasteiger partial charge in [-0.3, -0.25) is 0 Å². The molecular weight excluding hydrogens is 222 g/mol. The maximum atomic E-state index is 5.06. The molecule has 0 fully saturated rings. The summed E-state index contributed by atoms with van der Waals surface area (Å²) in [5, 5.41) is 5.36. The molecule has 2 rings (SSSR count). The first kappa shape index (κ1) is 11.0. The smallest absolute Gasteiger partial charge is 0.213 e. The van der Waals surface area contributed by atoms with Crippen molar-refractivity contribution in [2.24, 2.45) is 0 Å². The zero-order chi connectivity index (χ0) is 11.2. The van der Waals surface area contributed by atoms with Gasteiger partial charge in [-0.1, -0.05) is 0 Å². The first-order chi connectivity index (χ1) is 7.88. The van der Waals surface area contributed by atoms with Crippen molar-refractivity contribution in [1.82, 2.24) is 15.3 Å². The third-order valence-electron chi connectivity index (χ3n) is 2.13. The van der Waals surface area contributed by atoms with Crippen molar-refractivity contribution in [1.29, 1.82) is 0 Å². The van der Waals surface area contributed by atoms with E-state index in [1.807, 2.05) is 23.0 Å². The predicted molar refractivity (Wildman–Crippen MR) is 63.4 cm³/mol. The Balaban J connectivity index is 1.85. The molecule has 16 heavy (non-hydrogen) atoms. The molecule has 2 aromatic rings. The van der Waals surface area contributed by atoms with Gasteiger partial charge in [0.2, 0.25) is 5.88 Å². The van der Waals surface area contributed by atoms with Crippen LogP contribution >= 0.6 is 11.3 Å². The fraction of sp³-hybridized carbons (Fsp3) is 0.273. The Kier molecular flexibility index (Phi) is 3.85. The molecule has 0 aromatic carbocycles. The minimum Gasteiger partial charge on any atom is -0.481 e. The molecule has 0 bridgehead atoms. The molecular formula is C11H13N3OS. The molecule has 2 heterocycles. The summed E-state index contributed by atoms with van der Waals surface area (Å²) in [7, 11) is 1.62. The van der Waals surface area contributed by atoms with Crippen molar-refractivity contribution in [3.8, 4) is 5.88 Å². The van der Waals surface area contributed by atoms with Gasteiger partial charge >= 0.3 is 0 Å². The van der Waals surface area contributed by atoms with Gasteiger partial charge in [0.05, 0.1) is 18.3 Å². The Labute approximate surface area is 98.3 Å². The second-order valence-corrected chi connectivity index (χ2v) is 4.01. The summed E-state index contributed by atoms with van der Waals surface area (Å²) in [4.78, 5) is 8.26. The maximum absolute atomic E-state index is 5.06. The molecule has 1 N–H and O–H groups in total. The maximum Gasteiger partial charge on any atom is 0.213 e. The summed E-state index contributed by atoms with van der Waals surface area (Å²) >= 11 is 1.61. The molecule has 0 aliphatic carbocycles. The summed E-state index contributed by atoms with van der Waals surface area (Å²) < 4.78 is 5.06. The first-order valence-corrected chi connectivity index (χ1v) is 5.89. The number of hydrogen-bond donors (Lipinski definition) is 1. The summed E-state index contributed by atoms with van der Waals surface area (Å²) in [6.45, 7) is 1.57. The number of rotatable bonds is 5. The lowest BCUT2D eigenvalue weighted by molar-refractivity contribution is 0.397. The van der Waals surface area contributed by atoms with Gasteiger partial charge in [-0.05, 0) is 11.6 Å². The average Bonchev–Trinajstić information content (AvgIpc) is 2.82. The number of pyridine rings is 1. The topological polar surface area (TPSA) is 47.0 Å². The van der Waals surface area contributed by atoms with Gasteiger partial charge in [-0.15, -0.1) is 11.3 Å². The van der Waals surface area contributed by atoms with Gasteiger partial charge in [-0.25, -0.2) is 9.97 Å². The minimum atomic E-state index is 0.646. The van der Waals surface area contributed by atoms with Crippen LogP contribution in [0.2, 0.25) is 0 Å². The van der Waals surface area contributed by atoms with Gasteiger partial charge in [0.15, 0.2) is 0 Å². The molecule has 0 spiro atoms. The van der Waals surface area contributed by atoms with E-state index in [0.717, 1.165) is 24.3 Å². The Bertz CT molecular complexity index is 431. The van der Waals surface area contributed by atoms with E-state index in [2.05, 4.69) is 15.3 Å². The van der Waals surface area contributed by atoms with E-state index in [-0.39, 0.29) is 0 Å². The number of nitrogens with zero attached hydrogens (tertiary/aromatic N) is 2.